The van der Waals surface area contributed by atoms with Crippen LogP contribution in [-0.4, -0.2) is 16.8 Å². The zero-order chi connectivity index (χ0) is 25.0. The molecule has 5 heteroatoms. The monoisotopic (exact) mass is 494 g/mol. The second-order valence-electron chi connectivity index (χ2n) is 11.5. The van der Waals surface area contributed by atoms with Gasteiger partial charge in [-0.15, -0.1) is 0 Å². The summed E-state index contributed by atoms with van der Waals surface area (Å²) < 4.78 is 13.6. The van der Waals surface area contributed by atoms with Crippen molar-refractivity contribution in [2.24, 2.45) is 10.8 Å². The predicted molar refractivity (Wildman–Crippen MR) is 134 cm³/mol. The van der Waals surface area contributed by atoms with E-state index in [9.17, 15) is 9.59 Å². The molecule has 4 rings (SSSR count). The van der Waals surface area contributed by atoms with Crippen LogP contribution in [0.25, 0.3) is 11.1 Å². The van der Waals surface area contributed by atoms with E-state index >= 15 is 0 Å². The Hall–Kier alpha value is -2.56. The molecule has 4 nitrogen and oxygen atoms in total. The van der Waals surface area contributed by atoms with Crippen molar-refractivity contribution in [1.82, 2.24) is 0 Å². The fraction of sp³-hybridized carbons (Fsp3) is 0.345. The zero-order valence-corrected chi connectivity index (χ0v) is 22.5. The summed E-state index contributed by atoms with van der Waals surface area (Å²) >= 11 is -5.43. The van der Waals surface area contributed by atoms with E-state index in [4.69, 9.17) is 11.5 Å². The molecule has 178 valence electrons. The van der Waals surface area contributed by atoms with Crippen molar-refractivity contribution in [2.45, 2.75) is 52.2 Å². The molecule has 2 aromatic carbocycles. The Labute approximate surface area is 204 Å². The third-order valence-corrected chi connectivity index (χ3v) is 14.2. The van der Waals surface area contributed by atoms with E-state index in [1.165, 1.54) is 0 Å². The summed E-state index contributed by atoms with van der Waals surface area (Å²) in [4.78, 5) is 32.0. The van der Waals surface area contributed by atoms with Crippen LogP contribution in [0.15, 0.2) is 70.6 Å². The van der Waals surface area contributed by atoms with Gasteiger partial charge in [-0.25, -0.2) is 0 Å². The molecule has 0 atom stereocenters. The number of hydrogen-bond acceptors (Lipinski definition) is 4. The fourth-order valence-electron chi connectivity index (χ4n) is 4.79. The molecule has 0 amide bonds. The van der Waals surface area contributed by atoms with Gasteiger partial charge in [-0.1, -0.05) is 0 Å². The third-order valence-electron chi connectivity index (χ3n) is 6.72. The Morgan fingerprint density at radius 3 is 1.65 bits per heavy atom. The SMILES string of the molecule is [CH2]=[Ti]([O]C(=O)C(C)(C)C)([O]C(=O)C(C)(C)C)([C]1=CC=CC1)[CH]1c2ccccc2-c2ccccc21. The zero-order valence-electron chi connectivity index (χ0n) is 21.0. The molecule has 0 aromatic heterocycles. The minimum atomic E-state index is -5.43. The van der Waals surface area contributed by atoms with Gasteiger partial charge >= 0.3 is 205 Å². The molecule has 2 aromatic rings. The van der Waals surface area contributed by atoms with Crippen molar-refractivity contribution in [2.75, 3.05) is 0 Å². The average molecular weight is 494 g/mol. The summed E-state index contributed by atoms with van der Waals surface area (Å²) in [6.07, 6.45) is 6.42. The standard InChI is InChI=1S/C13H9.2C5H10O2.C5H5.CH2.Ti/c1-3-7-12-10(5-1)9-11-6-2-4-8-13(11)12;2*1-5(2,3)4(6)7;1-2-4-5-3-1;;/h1-9H;2*1-3H3,(H,6,7);1-3H,4H2;1H2;/q;;;;;+2/p-2. The van der Waals surface area contributed by atoms with Crippen molar-refractivity contribution in [3.8, 4) is 11.1 Å². The molecule has 2 aliphatic rings. The Balaban J connectivity index is 2.08. The van der Waals surface area contributed by atoms with Crippen molar-refractivity contribution in [3.05, 3.63) is 81.8 Å². The quantitative estimate of drug-likeness (QED) is 0.443. The van der Waals surface area contributed by atoms with Crippen molar-refractivity contribution in [1.29, 1.82) is 0 Å². The van der Waals surface area contributed by atoms with Gasteiger partial charge in [-0.3, -0.25) is 0 Å². The van der Waals surface area contributed by atoms with Gasteiger partial charge in [0.05, 0.1) is 0 Å². The van der Waals surface area contributed by atoms with Crippen LogP contribution in [0.2, 0.25) is 0 Å². The van der Waals surface area contributed by atoms with Crippen LogP contribution in [0.4, 0.5) is 0 Å². The van der Waals surface area contributed by atoms with Gasteiger partial charge in [0.25, 0.3) is 0 Å². The molecule has 0 bridgehead atoms. The molecule has 0 saturated heterocycles. The third kappa shape index (κ3) is 3.87. The summed E-state index contributed by atoms with van der Waals surface area (Å²) in [5.74, 6) is -0.813. The maximum atomic E-state index is 13.6. The van der Waals surface area contributed by atoms with Gasteiger partial charge in [0.15, 0.2) is 0 Å². The number of carbonyl (C=O) groups excluding carboxylic acids is 2. The first-order chi connectivity index (χ1) is 15.8. The first-order valence-electron chi connectivity index (χ1n) is 11.8. The van der Waals surface area contributed by atoms with Gasteiger partial charge in [-0.05, 0) is 0 Å². The molecule has 2 aliphatic carbocycles. The van der Waals surface area contributed by atoms with E-state index in [1.54, 1.807) is 0 Å². The molecule has 0 heterocycles. The van der Waals surface area contributed by atoms with E-state index in [2.05, 4.69) is 12.1 Å². The summed E-state index contributed by atoms with van der Waals surface area (Å²) in [5, 5.41) is 0. The first kappa shape index (κ1) is 24.6. The summed E-state index contributed by atoms with van der Waals surface area (Å²) in [5.41, 5.74) is 2.53. The van der Waals surface area contributed by atoms with E-state index < -0.39 is 42.6 Å². The van der Waals surface area contributed by atoms with Gasteiger partial charge in [0.1, 0.15) is 0 Å². The van der Waals surface area contributed by atoms with Crippen LogP contribution >= 0.6 is 0 Å². The van der Waals surface area contributed by atoms with Crippen LogP contribution in [-0.2, 0) is 31.8 Å². The maximum absolute atomic E-state index is 13.6. The summed E-state index contributed by atoms with van der Waals surface area (Å²) in [6.45, 7) is 10.9. The fourth-order valence-corrected chi connectivity index (χ4v) is 12.7. The van der Waals surface area contributed by atoms with Crippen LogP contribution in [0.5, 0.6) is 0 Å². The van der Waals surface area contributed by atoms with Crippen LogP contribution in [0.1, 0.15) is 63.3 Å². The molecule has 34 heavy (non-hydrogen) atoms. The Morgan fingerprint density at radius 2 is 1.26 bits per heavy atom. The Morgan fingerprint density at radius 1 is 0.824 bits per heavy atom. The Bertz CT molecular complexity index is 1220. The number of benzene rings is 2. The normalized spacial score (nSPS) is 16.0. The number of rotatable bonds is 4. The van der Waals surface area contributed by atoms with Crippen molar-refractivity contribution >= 4 is 16.8 Å². The molecular weight excluding hydrogens is 460 g/mol. The molecule has 0 fully saturated rings. The molecule has 0 radical (unpaired) electrons. The van der Waals surface area contributed by atoms with E-state index in [0.29, 0.717) is 6.42 Å². The molecule has 0 aliphatic heterocycles. The van der Waals surface area contributed by atoms with E-state index in [1.807, 2.05) is 96.2 Å². The Kier molecular flexibility index (Phi) is 5.78. The second kappa shape index (κ2) is 8.00. The van der Waals surface area contributed by atoms with E-state index in [-0.39, 0.29) is 0 Å². The van der Waals surface area contributed by atoms with E-state index in [0.717, 1.165) is 26.1 Å². The number of hydrogen-bond donors (Lipinski definition) is 0. The minimum absolute atomic E-state index is 0.407. The number of fused-ring (bicyclic) bond motifs is 3. The first-order valence-corrected chi connectivity index (χ1v) is 15.9. The average Bonchev–Trinajstić information content (AvgIpc) is 3.40. The molecule has 0 N–H and O–H groups in total. The van der Waals surface area contributed by atoms with Gasteiger partial charge in [-0.2, -0.15) is 0 Å². The topological polar surface area (TPSA) is 52.6 Å². The van der Waals surface area contributed by atoms with Gasteiger partial charge < -0.3 is 0 Å². The molecule has 0 unspecified atom stereocenters. The second-order valence-corrected chi connectivity index (χ2v) is 18.3. The van der Waals surface area contributed by atoms with Crippen molar-refractivity contribution in [3.63, 3.8) is 0 Å². The summed E-state index contributed by atoms with van der Waals surface area (Å²) in [6, 6.07) is 16.2. The van der Waals surface area contributed by atoms with Gasteiger partial charge in [0, 0.05) is 0 Å². The van der Waals surface area contributed by atoms with Crippen LogP contribution < -0.4 is 0 Å². The van der Waals surface area contributed by atoms with Crippen molar-refractivity contribution < 1.29 is 31.8 Å². The number of carbonyl (C=O) groups is 2. The molecular formula is C29H34O4Ti. The predicted octanol–water partition coefficient (Wildman–Crippen LogP) is 6.73. The molecule has 0 saturated carbocycles. The van der Waals surface area contributed by atoms with Crippen LogP contribution in [0, 0.1) is 10.8 Å². The summed E-state index contributed by atoms with van der Waals surface area (Å²) in [7, 11) is 0. The molecule has 0 spiro atoms. The number of allylic oxidation sites excluding steroid dienone is 4. The van der Waals surface area contributed by atoms with Crippen LogP contribution in [0.3, 0.4) is 0 Å². The van der Waals surface area contributed by atoms with Gasteiger partial charge in [0.2, 0.25) is 0 Å².